The van der Waals surface area contributed by atoms with Crippen LogP contribution < -0.4 is 15.6 Å². The molecule has 0 aliphatic heterocycles. The molecule has 0 radical (unpaired) electrons. The van der Waals surface area contributed by atoms with Crippen LogP contribution in [0.2, 0.25) is 5.02 Å². The predicted molar refractivity (Wildman–Crippen MR) is 139 cm³/mol. The Bertz CT molecular complexity index is 1240. The van der Waals surface area contributed by atoms with Crippen LogP contribution in [0.4, 0.5) is 5.69 Å². The summed E-state index contributed by atoms with van der Waals surface area (Å²) < 4.78 is 0.639. The molecule has 3 aromatic rings. The Morgan fingerprint density at radius 2 is 1.74 bits per heavy atom. The van der Waals surface area contributed by atoms with Crippen molar-refractivity contribution in [2.75, 3.05) is 19.0 Å². The van der Waals surface area contributed by atoms with Crippen LogP contribution in [0.5, 0.6) is 5.75 Å². The third-order valence-electron chi connectivity index (χ3n) is 4.68. The fourth-order valence-corrected chi connectivity index (χ4v) is 3.72. The molecule has 0 heterocycles. The van der Waals surface area contributed by atoms with Gasteiger partial charge >= 0.3 is 0 Å². The van der Waals surface area contributed by atoms with Gasteiger partial charge < -0.3 is 15.3 Å². The Hall–Kier alpha value is -3.62. The lowest BCUT2D eigenvalue weighted by molar-refractivity contribution is -0.117. The molecule has 2 amide bonds. The first kappa shape index (κ1) is 25.0. The molecule has 3 rings (SSSR count). The monoisotopic (exact) mass is 540 g/mol. The number of phenolic OH excluding ortho intramolecular Hbond substituents is 1. The van der Waals surface area contributed by atoms with Gasteiger partial charge in [-0.1, -0.05) is 57.9 Å². The Balaban J connectivity index is 1.84. The number of nitrogens with zero attached hydrogens (tertiary/aromatic N) is 2. The number of carbonyl (C=O) groups is 2. The fraction of sp³-hybridized carbons (Fsp3) is 0.0800. The minimum absolute atomic E-state index is 0.0000951. The van der Waals surface area contributed by atoms with E-state index in [0.717, 1.165) is 5.69 Å². The van der Waals surface area contributed by atoms with Gasteiger partial charge in [-0.25, -0.2) is 5.43 Å². The van der Waals surface area contributed by atoms with E-state index in [9.17, 15) is 14.7 Å². The number of anilines is 1. The lowest BCUT2D eigenvalue weighted by Crippen LogP contribution is -2.32. The summed E-state index contributed by atoms with van der Waals surface area (Å²) in [5.41, 5.74) is 4.79. The Morgan fingerprint density at radius 3 is 2.38 bits per heavy atom. The summed E-state index contributed by atoms with van der Waals surface area (Å²) in [5.74, 6) is -1.25. The molecular formula is C25H22BrClN4O3. The zero-order valence-corrected chi connectivity index (χ0v) is 20.8. The smallest absolute Gasteiger partial charge is 0.287 e. The second-order valence-electron chi connectivity index (χ2n) is 7.39. The summed E-state index contributed by atoms with van der Waals surface area (Å²) >= 11 is 9.25. The van der Waals surface area contributed by atoms with Gasteiger partial charge in [0.15, 0.2) is 0 Å². The molecule has 34 heavy (non-hydrogen) atoms. The molecule has 0 aliphatic carbocycles. The number of phenols is 1. The zero-order chi connectivity index (χ0) is 24.7. The number of rotatable bonds is 7. The first-order valence-corrected chi connectivity index (χ1v) is 11.3. The summed E-state index contributed by atoms with van der Waals surface area (Å²) in [5, 5.41) is 16.8. The van der Waals surface area contributed by atoms with E-state index in [4.69, 9.17) is 11.6 Å². The van der Waals surface area contributed by atoms with Gasteiger partial charge in [0.2, 0.25) is 0 Å². The van der Waals surface area contributed by atoms with Crippen LogP contribution in [0.25, 0.3) is 6.08 Å². The van der Waals surface area contributed by atoms with Gasteiger partial charge in [0, 0.05) is 35.4 Å². The van der Waals surface area contributed by atoms with Crippen molar-refractivity contribution in [2.45, 2.75) is 0 Å². The highest BCUT2D eigenvalue weighted by Crippen LogP contribution is 2.30. The van der Waals surface area contributed by atoms with Crippen molar-refractivity contribution >= 4 is 57.3 Å². The molecule has 174 valence electrons. The number of nitrogens with one attached hydrogen (secondary N) is 2. The topological polar surface area (TPSA) is 94.0 Å². The lowest BCUT2D eigenvalue weighted by Gasteiger charge is -2.12. The average Bonchev–Trinajstić information content (AvgIpc) is 2.82. The van der Waals surface area contributed by atoms with Crippen LogP contribution >= 0.6 is 27.5 Å². The van der Waals surface area contributed by atoms with E-state index in [1.165, 1.54) is 12.3 Å². The van der Waals surface area contributed by atoms with Crippen LogP contribution in [0.3, 0.4) is 0 Å². The molecule has 0 spiro atoms. The second-order valence-corrected chi connectivity index (χ2v) is 8.71. The van der Waals surface area contributed by atoms with Crippen LogP contribution in [0.1, 0.15) is 21.5 Å². The van der Waals surface area contributed by atoms with E-state index >= 15 is 0 Å². The van der Waals surface area contributed by atoms with Gasteiger partial charge in [-0.2, -0.15) is 5.10 Å². The van der Waals surface area contributed by atoms with E-state index in [2.05, 4.69) is 31.8 Å². The Kier molecular flexibility index (Phi) is 8.45. The third-order valence-corrected chi connectivity index (χ3v) is 5.42. The average molecular weight is 542 g/mol. The van der Waals surface area contributed by atoms with Crippen molar-refractivity contribution in [3.63, 3.8) is 0 Å². The highest BCUT2D eigenvalue weighted by atomic mass is 79.9. The third kappa shape index (κ3) is 6.69. The standard InChI is InChI=1S/C25H22BrClN4O3/c1-31(2)20-10-8-16(9-11-20)12-22(29-24(33)17-6-4-3-5-7-17)25(34)30-28-15-18-13-19(26)14-21(27)23(18)32/h3-15,32H,1-2H3,(H,29,33)(H,30,34). The van der Waals surface area contributed by atoms with E-state index < -0.39 is 11.8 Å². The number of hydrazone groups is 1. The molecule has 0 saturated carbocycles. The van der Waals surface area contributed by atoms with E-state index in [0.29, 0.717) is 21.2 Å². The van der Waals surface area contributed by atoms with Crippen molar-refractivity contribution in [1.29, 1.82) is 0 Å². The molecule has 0 saturated heterocycles. The quantitative estimate of drug-likeness (QED) is 0.228. The molecule has 7 nitrogen and oxygen atoms in total. The summed E-state index contributed by atoms with van der Waals surface area (Å²) in [6.07, 6.45) is 2.81. The summed E-state index contributed by atoms with van der Waals surface area (Å²) in [6.45, 7) is 0. The van der Waals surface area contributed by atoms with E-state index in [-0.39, 0.29) is 16.5 Å². The van der Waals surface area contributed by atoms with Crippen LogP contribution in [-0.4, -0.2) is 37.2 Å². The molecule has 3 aromatic carbocycles. The minimum Gasteiger partial charge on any atom is -0.506 e. The van der Waals surface area contributed by atoms with Crippen molar-refractivity contribution in [1.82, 2.24) is 10.7 Å². The normalized spacial score (nSPS) is 11.4. The van der Waals surface area contributed by atoms with E-state index in [1.54, 1.807) is 42.5 Å². The zero-order valence-electron chi connectivity index (χ0n) is 18.4. The number of amides is 2. The number of aromatic hydroxyl groups is 1. The Morgan fingerprint density at radius 1 is 1.06 bits per heavy atom. The van der Waals surface area contributed by atoms with Crippen molar-refractivity contribution in [2.24, 2.45) is 5.10 Å². The maximum absolute atomic E-state index is 12.9. The molecule has 0 unspecified atom stereocenters. The van der Waals surface area contributed by atoms with Crippen molar-refractivity contribution in [3.8, 4) is 5.75 Å². The van der Waals surface area contributed by atoms with Gasteiger partial charge in [-0.3, -0.25) is 9.59 Å². The van der Waals surface area contributed by atoms with Crippen molar-refractivity contribution < 1.29 is 14.7 Å². The molecule has 0 bridgehead atoms. The van der Waals surface area contributed by atoms with Gasteiger partial charge in [0.1, 0.15) is 11.4 Å². The summed E-state index contributed by atoms with van der Waals surface area (Å²) in [4.78, 5) is 27.5. The van der Waals surface area contributed by atoms with Crippen molar-refractivity contribution in [3.05, 3.63) is 98.6 Å². The lowest BCUT2D eigenvalue weighted by atomic mass is 10.1. The molecule has 9 heteroatoms. The molecule has 3 N–H and O–H groups in total. The van der Waals surface area contributed by atoms with Gasteiger partial charge in [0.25, 0.3) is 11.8 Å². The SMILES string of the molecule is CN(C)c1ccc(C=C(NC(=O)c2ccccc2)C(=O)NN=Cc2cc(Br)cc(Cl)c2O)cc1. The predicted octanol–water partition coefficient (Wildman–Crippen LogP) is 4.80. The van der Waals surface area contributed by atoms with Crippen LogP contribution in [0, 0.1) is 0 Å². The van der Waals surface area contributed by atoms with Gasteiger partial charge in [-0.05, 0) is 48.0 Å². The van der Waals surface area contributed by atoms with Gasteiger partial charge in [0.05, 0.1) is 11.2 Å². The Labute approximate surface area is 210 Å². The number of hydrogen-bond acceptors (Lipinski definition) is 5. The minimum atomic E-state index is -0.641. The first-order chi connectivity index (χ1) is 16.2. The maximum atomic E-state index is 12.9. The molecular weight excluding hydrogens is 520 g/mol. The summed E-state index contributed by atoms with van der Waals surface area (Å²) in [7, 11) is 3.86. The summed E-state index contributed by atoms with van der Waals surface area (Å²) in [6, 6.07) is 19.2. The maximum Gasteiger partial charge on any atom is 0.287 e. The first-order valence-electron chi connectivity index (χ1n) is 10.1. The molecule has 0 atom stereocenters. The number of benzene rings is 3. The molecule has 0 fully saturated rings. The molecule has 0 aromatic heterocycles. The number of carbonyl (C=O) groups excluding carboxylic acids is 2. The molecule has 0 aliphatic rings. The fourth-order valence-electron chi connectivity index (χ4n) is 2.88. The van der Waals surface area contributed by atoms with Gasteiger partial charge in [-0.15, -0.1) is 0 Å². The second kappa shape index (κ2) is 11.5. The number of hydrogen-bond donors (Lipinski definition) is 3. The highest BCUT2D eigenvalue weighted by molar-refractivity contribution is 9.10. The van der Waals surface area contributed by atoms with E-state index in [1.807, 2.05) is 43.3 Å². The van der Waals surface area contributed by atoms with Crippen LogP contribution in [0.15, 0.2) is 82.0 Å². The highest BCUT2D eigenvalue weighted by Gasteiger charge is 2.14. The number of halogens is 2. The largest absolute Gasteiger partial charge is 0.506 e. The van der Waals surface area contributed by atoms with Crippen LogP contribution in [-0.2, 0) is 4.79 Å².